The van der Waals surface area contributed by atoms with Crippen molar-refractivity contribution in [2.24, 2.45) is 5.92 Å². The van der Waals surface area contributed by atoms with Gasteiger partial charge in [0.25, 0.3) is 0 Å². The van der Waals surface area contributed by atoms with Gasteiger partial charge >= 0.3 is 6.18 Å². The second-order valence-corrected chi connectivity index (χ2v) is 4.27. The first-order valence-corrected chi connectivity index (χ1v) is 6.03. The van der Waals surface area contributed by atoms with Crippen molar-refractivity contribution in [1.29, 1.82) is 0 Å². The van der Waals surface area contributed by atoms with E-state index in [2.05, 4.69) is 10.6 Å². The molecule has 1 rings (SSSR count). The maximum absolute atomic E-state index is 12.4. The summed E-state index contributed by atoms with van der Waals surface area (Å²) in [5, 5.41) is 5.62. The van der Waals surface area contributed by atoms with E-state index in [0.29, 0.717) is 12.2 Å². The molecule has 1 amide bonds. The fraction of sp³-hybridized carbons (Fsp3) is 0.462. The van der Waals surface area contributed by atoms with Gasteiger partial charge in [0.1, 0.15) is 0 Å². The quantitative estimate of drug-likeness (QED) is 0.866. The summed E-state index contributed by atoms with van der Waals surface area (Å²) < 4.78 is 37.1. The number of nitrogens with one attached hydrogen (secondary N) is 2. The van der Waals surface area contributed by atoms with E-state index in [0.717, 1.165) is 18.7 Å². The predicted octanol–water partition coefficient (Wildman–Crippen LogP) is 2.89. The first-order chi connectivity index (χ1) is 8.84. The third-order valence-electron chi connectivity index (χ3n) is 2.63. The molecule has 6 heteroatoms. The van der Waals surface area contributed by atoms with Crippen LogP contribution in [0.15, 0.2) is 24.3 Å². The van der Waals surface area contributed by atoms with Gasteiger partial charge < -0.3 is 10.6 Å². The van der Waals surface area contributed by atoms with Gasteiger partial charge in [-0.3, -0.25) is 4.79 Å². The van der Waals surface area contributed by atoms with Crippen LogP contribution in [0, 0.1) is 5.92 Å². The minimum atomic E-state index is -4.36. The SMILES string of the molecule is CCNCC(C)C(=O)Nc1ccc(C(F)(F)F)cc1. The molecule has 0 heterocycles. The predicted molar refractivity (Wildman–Crippen MR) is 67.8 cm³/mol. The van der Waals surface area contributed by atoms with E-state index >= 15 is 0 Å². The fourth-order valence-electron chi connectivity index (χ4n) is 1.46. The molecule has 1 unspecified atom stereocenters. The largest absolute Gasteiger partial charge is 0.416 e. The number of hydrogen-bond acceptors (Lipinski definition) is 2. The van der Waals surface area contributed by atoms with Crippen molar-refractivity contribution >= 4 is 11.6 Å². The zero-order valence-electron chi connectivity index (χ0n) is 10.8. The summed E-state index contributed by atoms with van der Waals surface area (Å²) in [6.45, 7) is 4.98. The Hall–Kier alpha value is -1.56. The highest BCUT2D eigenvalue weighted by Gasteiger charge is 2.30. The van der Waals surface area contributed by atoms with Gasteiger partial charge in [0.2, 0.25) is 5.91 Å². The van der Waals surface area contributed by atoms with Gasteiger partial charge in [0.15, 0.2) is 0 Å². The highest BCUT2D eigenvalue weighted by molar-refractivity contribution is 5.92. The number of carbonyl (C=O) groups excluding carboxylic acids is 1. The number of benzene rings is 1. The zero-order chi connectivity index (χ0) is 14.5. The van der Waals surface area contributed by atoms with Gasteiger partial charge in [-0.15, -0.1) is 0 Å². The van der Waals surface area contributed by atoms with Crippen molar-refractivity contribution in [3.8, 4) is 0 Å². The Balaban J connectivity index is 2.60. The lowest BCUT2D eigenvalue weighted by molar-refractivity contribution is -0.137. The van der Waals surface area contributed by atoms with Crippen molar-refractivity contribution < 1.29 is 18.0 Å². The number of anilines is 1. The van der Waals surface area contributed by atoms with Crippen LogP contribution in [0.2, 0.25) is 0 Å². The maximum Gasteiger partial charge on any atom is 0.416 e. The molecule has 0 fully saturated rings. The molecule has 0 aromatic heterocycles. The Morgan fingerprint density at radius 3 is 2.32 bits per heavy atom. The van der Waals surface area contributed by atoms with E-state index in [1.807, 2.05) is 6.92 Å². The first-order valence-electron chi connectivity index (χ1n) is 6.03. The number of rotatable bonds is 5. The molecule has 3 nitrogen and oxygen atoms in total. The highest BCUT2D eigenvalue weighted by Crippen LogP contribution is 2.29. The minimum Gasteiger partial charge on any atom is -0.326 e. The smallest absolute Gasteiger partial charge is 0.326 e. The standard InChI is InChI=1S/C13H17F3N2O/c1-3-17-8-9(2)12(19)18-11-6-4-10(5-7-11)13(14,15)16/h4-7,9,17H,3,8H2,1-2H3,(H,18,19). The Morgan fingerprint density at radius 2 is 1.84 bits per heavy atom. The number of amides is 1. The molecule has 19 heavy (non-hydrogen) atoms. The van der Waals surface area contributed by atoms with Crippen LogP contribution in [0.5, 0.6) is 0 Å². The normalized spacial score (nSPS) is 13.1. The maximum atomic E-state index is 12.4. The Kier molecular flexibility index (Phi) is 5.35. The Morgan fingerprint density at radius 1 is 1.26 bits per heavy atom. The lowest BCUT2D eigenvalue weighted by atomic mass is 10.1. The molecule has 0 radical (unpaired) electrons. The second kappa shape index (κ2) is 6.56. The molecule has 0 saturated heterocycles. The van der Waals surface area contributed by atoms with Crippen LogP contribution in [0.4, 0.5) is 18.9 Å². The van der Waals surface area contributed by atoms with Crippen LogP contribution < -0.4 is 10.6 Å². The first kappa shape index (κ1) is 15.5. The Bertz CT molecular complexity index is 415. The van der Waals surface area contributed by atoms with E-state index in [1.165, 1.54) is 12.1 Å². The van der Waals surface area contributed by atoms with Crippen molar-refractivity contribution in [2.75, 3.05) is 18.4 Å². The van der Waals surface area contributed by atoms with E-state index in [9.17, 15) is 18.0 Å². The van der Waals surface area contributed by atoms with Crippen LogP contribution in [0.1, 0.15) is 19.4 Å². The van der Waals surface area contributed by atoms with Gasteiger partial charge in [-0.1, -0.05) is 13.8 Å². The molecule has 1 aromatic carbocycles. The van der Waals surface area contributed by atoms with Crippen LogP contribution in [0.25, 0.3) is 0 Å². The third-order valence-corrected chi connectivity index (χ3v) is 2.63. The molecular formula is C13H17F3N2O. The molecule has 1 aromatic rings. The monoisotopic (exact) mass is 274 g/mol. The highest BCUT2D eigenvalue weighted by atomic mass is 19.4. The van der Waals surface area contributed by atoms with Crippen molar-refractivity contribution in [3.05, 3.63) is 29.8 Å². The summed E-state index contributed by atoms with van der Waals surface area (Å²) in [6.07, 6.45) is -4.36. The molecule has 0 aliphatic heterocycles. The molecule has 106 valence electrons. The molecule has 0 spiro atoms. The van der Waals surface area contributed by atoms with Crippen LogP contribution in [-0.4, -0.2) is 19.0 Å². The Labute approximate surface area is 110 Å². The number of halogens is 3. The van der Waals surface area contributed by atoms with Crippen molar-refractivity contribution in [1.82, 2.24) is 5.32 Å². The molecule has 0 bridgehead atoms. The summed E-state index contributed by atoms with van der Waals surface area (Å²) >= 11 is 0. The van der Waals surface area contributed by atoms with Crippen LogP contribution in [0.3, 0.4) is 0 Å². The van der Waals surface area contributed by atoms with E-state index in [-0.39, 0.29) is 11.8 Å². The van der Waals surface area contributed by atoms with Crippen molar-refractivity contribution in [2.45, 2.75) is 20.0 Å². The molecular weight excluding hydrogens is 257 g/mol. The number of hydrogen-bond donors (Lipinski definition) is 2. The summed E-state index contributed by atoms with van der Waals surface area (Å²) in [7, 11) is 0. The topological polar surface area (TPSA) is 41.1 Å². The molecule has 0 saturated carbocycles. The van der Waals surface area contributed by atoms with Crippen LogP contribution >= 0.6 is 0 Å². The molecule has 1 atom stereocenters. The third kappa shape index (κ3) is 4.90. The van der Waals surface area contributed by atoms with Gasteiger partial charge in [-0.25, -0.2) is 0 Å². The average molecular weight is 274 g/mol. The lowest BCUT2D eigenvalue weighted by Gasteiger charge is -2.13. The van der Waals surface area contributed by atoms with Crippen LogP contribution in [-0.2, 0) is 11.0 Å². The number of alkyl halides is 3. The van der Waals surface area contributed by atoms with Gasteiger partial charge in [-0.05, 0) is 30.8 Å². The molecule has 0 aliphatic carbocycles. The average Bonchev–Trinajstić information content (AvgIpc) is 2.35. The summed E-state index contributed by atoms with van der Waals surface area (Å²) in [6, 6.07) is 4.40. The zero-order valence-corrected chi connectivity index (χ0v) is 10.8. The number of carbonyl (C=O) groups is 1. The van der Waals surface area contributed by atoms with Gasteiger partial charge in [0, 0.05) is 18.2 Å². The van der Waals surface area contributed by atoms with E-state index in [4.69, 9.17) is 0 Å². The van der Waals surface area contributed by atoms with Crippen molar-refractivity contribution in [3.63, 3.8) is 0 Å². The van der Waals surface area contributed by atoms with E-state index in [1.54, 1.807) is 6.92 Å². The van der Waals surface area contributed by atoms with Gasteiger partial charge in [-0.2, -0.15) is 13.2 Å². The molecule has 2 N–H and O–H groups in total. The minimum absolute atomic E-state index is 0.222. The lowest BCUT2D eigenvalue weighted by Crippen LogP contribution is -2.30. The summed E-state index contributed by atoms with van der Waals surface area (Å²) in [4.78, 5) is 11.7. The van der Waals surface area contributed by atoms with Gasteiger partial charge in [0.05, 0.1) is 5.56 Å². The van der Waals surface area contributed by atoms with E-state index < -0.39 is 11.7 Å². The second-order valence-electron chi connectivity index (χ2n) is 4.27. The summed E-state index contributed by atoms with van der Waals surface area (Å²) in [5.41, 5.74) is -0.368. The fourth-order valence-corrected chi connectivity index (χ4v) is 1.46. The summed E-state index contributed by atoms with van der Waals surface area (Å²) in [5.74, 6) is -0.469. The molecule has 0 aliphatic rings.